The van der Waals surface area contributed by atoms with Crippen LogP contribution in [0.5, 0.6) is 11.6 Å². The van der Waals surface area contributed by atoms with Crippen molar-refractivity contribution in [3.05, 3.63) is 108 Å². The summed E-state index contributed by atoms with van der Waals surface area (Å²) in [6, 6.07) is 20.8. The molecule has 0 spiro atoms. The zero-order valence-electron chi connectivity index (χ0n) is 23.6. The van der Waals surface area contributed by atoms with Crippen molar-refractivity contribution >= 4 is 13.7 Å². The summed E-state index contributed by atoms with van der Waals surface area (Å²) in [5.74, 6) is 4.17. The zero-order chi connectivity index (χ0) is 29.4. The van der Waals surface area contributed by atoms with Crippen molar-refractivity contribution in [2.24, 2.45) is 0 Å². The van der Waals surface area contributed by atoms with Crippen LogP contribution < -0.4 is 9.47 Å². The van der Waals surface area contributed by atoms with Gasteiger partial charge in [-0.15, -0.1) is 5.10 Å². The van der Waals surface area contributed by atoms with Gasteiger partial charge in [0.25, 0.3) is 5.89 Å². The molecule has 42 heavy (non-hydrogen) atoms. The fraction of sp³-hybridized carbons (Fsp3) is 0.226. The Bertz CT molecular complexity index is 1630. The first-order valence-corrected chi connectivity index (χ1v) is 15.2. The van der Waals surface area contributed by atoms with E-state index >= 15 is 0 Å². The second kappa shape index (κ2) is 13.5. The maximum Gasteiger partial charge on any atom is 0.354 e. The number of benzene rings is 2. The van der Waals surface area contributed by atoms with Gasteiger partial charge in [0.15, 0.2) is 5.76 Å². The van der Waals surface area contributed by atoms with Gasteiger partial charge in [-0.1, -0.05) is 30.3 Å². The summed E-state index contributed by atoms with van der Waals surface area (Å²) in [6.07, 6.45) is 5.05. The highest BCUT2D eigenvalue weighted by atomic mass is 31.2. The Morgan fingerprint density at radius 2 is 1.69 bits per heavy atom. The molecule has 0 aliphatic carbocycles. The highest BCUT2D eigenvalue weighted by Gasteiger charge is 2.20. The average molecular weight is 590 g/mol. The summed E-state index contributed by atoms with van der Waals surface area (Å²) < 4.78 is 48.6. The van der Waals surface area contributed by atoms with E-state index in [-0.39, 0.29) is 26.4 Å². The lowest BCUT2D eigenvalue weighted by molar-refractivity contribution is 0.229. The van der Waals surface area contributed by atoms with Gasteiger partial charge in [-0.2, -0.15) is 0 Å². The Kier molecular flexibility index (Phi) is 9.38. The quantitative estimate of drug-likeness (QED) is 0.120. The molecule has 5 rings (SSSR count). The van der Waals surface area contributed by atoms with E-state index in [1.54, 1.807) is 43.0 Å². The lowest BCUT2D eigenvalue weighted by Crippen LogP contribution is -2.00. The van der Waals surface area contributed by atoms with E-state index in [0.29, 0.717) is 40.3 Å². The first-order chi connectivity index (χ1) is 20.5. The van der Waals surface area contributed by atoms with Crippen LogP contribution in [0.15, 0.2) is 93.8 Å². The summed E-state index contributed by atoms with van der Waals surface area (Å²) >= 11 is 0. The number of para-hydroxylation sites is 1. The molecule has 10 nitrogen and oxygen atoms in total. The smallest absolute Gasteiger partial charge is 0.354 e. The average Bonchev–Trinajstić information content (AvgIpc) is 3.76. The van der Waals surface area contributed by atoms with Gasteiger partial charge in [0.1, 0.15) is 30.4 Å². The number of hydrogen-bond acceptors (Lipinski definition) is 9. The molecule has 3 heterocycles. The predicted octanol–water partition coefficient (Wildman–Crippen LogP) is 7.82. The molecule has 0 saturated carbocycles. The molecule has 0 saturated heterocycles. The van der Waals surface area contributed by atoms with Gasteiger partial charge in [-0.3, -0.25) is 4.57 Å². The SMILES string of the molecule is CCOP(=O)(/C=C/c1cn(-c2ccccc2)nc1OCc1ccc(OCc2nc(-c3ccco3)oc2C)cc1)OCC. The first-order valence-electron chi connectivity index (χ1n) is 13.5. The number of hydrogen-bond donors (Lipinski definition) is 0. The van der Waals surface area contributed by atoms with E-state index in [0.717, 1.165) is 11.3 Å². The molecule has 0 aliphatic rings. The van der Waals surface area contributed by atoms with Gasteiger partial charge in [0, 0.05) is 12.0 Å². The Balaban J connectivity index is 1.26. The van der Waals surface area contributed by atoms with Crippen LogP contribution in [0.2, 0.25) is 0 Å². The molecule has 0 atom stereocenters. The lowest BCUT2D eigenvalue weighted by Gasteiger charge is -2.12. The Hall–Kier alpha value is -4.37. The van der Waals surface area contributed by atoms with Gasteiger partial charge in [0.2, 0.25) is 5.88 Å². The van der Waals surface area contributed by atoms with Crippen molar-refractivity contribution in [2.75, 3.05) is 13.2 Å². The highest BCUT2D eigenvalue weighted by molar-refractivity contribution is 7.57. The van der Waals surface area contributed by atoms with Crippen LogP contribution in [0.4, 0.5) is 0 Å². The summed E-state index contributed by atoms with van der Waals surface area (Å²) in [7, 11) is -3.40. The van der Waals surface area contributed by atoms with Gasteiger partial charge >= 0.3 is 7.60 Å². The number of rotatable bonds is 14. The topological polar surface area (TPSA) is 111 Å². The van der Waals surface area contributed by atoms with E-state index < -0.39 is 7.60 Å². The number of aryl methyl sites for hydroxylation is 1. The van der Waals surface area contributed by atoms with Gasteiger partial charge in [-0.05, 0) is 68.8 Å². The van der Waals surface area contributed by atoms with Crippen molar-refractivity contribution in [1.29, 1.82) is 0 Å². The number of furan rings is 1. The van der Waals surface area contributed by atoms with Crippen molar-refractivity contribution in [3.63, 3.8) is 0 Å². The van der Waals surface area contributed by atoms with Crippen molar-refractivity contribution < 1.29 is 31.9 Å². The largest absolute Gasteiger partial charge is 0.487 e. The third kappa shape index (κ3) is 7.28. The second-order valence-electron chi connectivity index (χ2n) is 9.08. The van der Waals surface area contributed by atoms with Crippen LogP contribution in [-0.2, 0) is 26.8 Å². The van der Waals surface area contributed by atoms with Crippen molar-refractivity contribution in [2.45, 2.75) is 34.0 Å². The van der Waals surface area contributed by atoms with Crippen molar-refractivity contribution in [3.8, 4) is 29.0 Å². The highest BCUT2D eigenvalue weighted by Crippen LogP contribution is 2.50. The fourth-order valence-corrected chi connectivity index (χ4v) is 5.33. The molecule has 0 unspecified atom stereocenters. The zero-order valence-corrected chi connectivity index (χ0v) is 24.5. The first kappa shape index (κ1) is 29.1. The maximum atomic E-state index is 13.0. The molecular formula is C31H32N3O7P. The second-order valence-corrected chi connectivity index (χ2v) is 11.0. The molecule has 0 radical (unpaired) electrons. The third-order valence-corrected chi connectivity index (χ3v) is 7.83. The van der Waals surface area contributed by atoms with Crippen LogP contribution in [0.1, 0.15) is 36.4 Å². The van der Waals surface area contributed by atoms with E-state index in [9.17, 15) is 4.57 Å². The monoisotopic (exact) mass is 589 g/mol. The van der Waals surface area contributed by atoms with Crippen LogP contribution in [0.3, 0.4) is 0 Å². The number of nitrogens with zero attached hydrogens (tertiary/aromatic N) is 3. The molecule has 2 aromatic carbocycles. The number of oxazole rings is 1. The van der Waals surface area contributed by atoms with Crippen molar-refractivity contribution in [1.82, 2.24) is 14.8 Å². The molecule has 0 aliphatic heterocycles. The summed E-state index contributed by atoms with van der Waals surface area (Å²) in [5.41, 5.74) is 3.11. The third-order valence-electron chi connectivity index (χ3n) is 6.08. The lowest BCUT2D eigenvalue weighted by atomic mass is 10.2. The minimum Gasteiger partial charge on any atom is -0.487 e. The van der Waals surface area contributed by atoms with Crippen LogP contribution in [0.25, 0.3) is 23.4 Å². The minimum atomic E-state index is -3.40. The van der Waals surface area contributed by atoms with Crippen LogP contribution >= 0.6 is 7.60 Å². The Morgan fingerprint density at radius 1 is 0.929 bits per heavy atom. The van der Waals surface area contributed by atoms with Gasteiger partial charge in [0.05, 0.1) is 30.7 Å². The van der Waals surface area contributed by atoms with E-state index in [1.807, 2.05) is 67.7 Å². The molecule has 11 heteroatoms. The van der Waals surface area contributed by atoms with Gasteiger partial charge in [-0.25, -0.2) is 9.67 Å². The fourth-order valence-electron chi connectivity index (χ4n) is 4.02. The standard InChI is InChI=1S/C31H32N3O7P/c1-4-39-42(35,40-5-2)19-17-25-20-34(26-10-7-6-8-11-26)33-30(25)38-21-24-13-15-27(16-14-24)37-22-28-23(3)41-31(32-28)29-12-9-18-36-29/h6-20H,4-5,21-22H2,1-3H3/b19-17+. The normalized spacial score (nSPS) is 11.8. The number of ether oxygens (including phenoxy) is 2. The predicted molar refractivity (Wildman–Crippen MR) is 158 cm³/mol. The number of aromatic nitrogens is 3. The molecule has 0 amide bonds. The van der Waals surface area contributed by atoms with Crippen LogP contribution in [0, 0.1) is 6.92 Å². The molecule has 5 aromatic rings. The maximum absolute atomic E-state index is 13.0. The summed E-state index contributed by atoms with van der Waals surface area (Å²) in [6.45, 7) is 6.42. The molecule has 0 N–H and O–H groups in total. The van der Waals surface area contributed by atoms with E-state index in [2.05, 4.69) is 10.1 Å². The minimum absolute atomic E-state index is 0.256. The molecular weight excluding hydrogens is 557 g/mol. The van der Waals surface area contributed by atoms with E-state index in [1.165, 1.54) is 5.82 Å². The Labute approximate surface area is 244 Å². The van der Waals surface area contributed by atoms with Gasteiger partial charge < -0.3 is 27.4 Å². The molecule has 0 bridgehead atoms. The summed E-state index contributed by atoms with van der Waals surface area (Å²) in [5, 5.41) is 4.62. The van der Waals surface area contributed by atoms with Crippen LogP contribution in [-0.4, -0.2) is 28.0 Å². The molecule has 3 aromatic heterocycles. The summed E-state index contributed by atoms with van der Waals surface area (Å²) in [4.78, 5) is 4.48. The Morgan fingerprint density at radius 3 is 2.38 bits per heavy atom. The van der Waals surface area contributed by atoms with E-state index in [4.69, 9.17) is 27.4 Å². The molecule has 0 fully saturated rings. The molecule has 218 valence electrons.